The Bertz CT molecular complexity index is 678. The van der Waals surface area contributed by atoms with Crippen molar-refractivity contribution in [2.24, 2.45) is 0 Å². The fourth-order valence-electron chi connectivity index (χ4n) is 2.07. The Morgan fingerprint density at radius 2 is 2.05 bits per heavy atom. The van der Waals surface area contributed by atoms with Crippen molar-refractivity contribution in [2.45, 2.75) is 19.8 Å². The van der Waals surface area contributed by atoms with E-state index in [9.17, 15) is 5.26 Å². The van der Waals surface area contributed by atoms with E-state index in [4.69, 9.17) is 11.6 Å². The molecule has 0 aliphatic heterocycles. The summed E-state index contributed by atoms with van der Waals surface area (Å²) in [6, 6.07) is 7.24. The van der Waals surface area contributed by atoms with Crippen molar-refractivity contribution in [1.29, 1.82) is 5.26 Å². The van der Waals surface area contributed by atoms with Crippen LogP contribution in [-0.4, -0.2) is 17.0 Å². The van der Waals surface area contributed by atoms with Gasteiger partial charge in [0.15, 0.2) is 0 Å². The predicted octanol–water partition coefficient (Wildman–Crippen LogP) is 3.74. The number of rotatable bonds is 5. The number of nitrogens with one attached hydrogen (secondary N) is 2. The maximum absolute atomic E-state index is 9.18. The highest BCUT2D eigenvalue weighted by molar-refractivity contribution is 6.30. The van der Waals surface area contributed by atoms with Crippen molar-refractivity contribution in [3.63, 3.8) is 0 Å². The van der Waals surface area contributed by atoms with Crippen LogP contribution in [0.3, 0.4) is 0 Å². The van der Waals surface area contributed by atoms with Crippen molar-refractivity contribution < 1.29 is 0 Å². The first kappa shape index (κ1) is 15.1. The highest BCUT2D eigenvalue weighted by Gasteiger charge is 2.12. The van der Waals surface area contributed by atoms with E-state index in [1.807, 2.05) is 7.05 Å². The largest absolute Gasteiger partial charge is 0.373 e. The Hall–Kier alpha value is -2.32. The van der Waals surface area contributed by atoms with Gasteiger partial charge in [-0.25, -0.2) is 9.97 Å². The molecule has 0 aliphatic carbocycles. The lowest BCUT2D eigenvalue weighted by atomic mass is 10.1. The van der Waals surface area contributed by atoms with E-state index in [0.29, 0.717) is 22.1 Å². The number of benzene rings is 1. The number of anilines is 3. The lowest BCUT2D eigenvalue weighted by Crippen LogP contribution is -2.06. The fraction of sp³-hybridized carbons (Fsp3) is 0.267. The first-order valence-electron chi connectivity index (χ1n) is 6.67. The normalized spacial score (nSPS) is 10.0. The number of hydrogen-bond acceptors (Lipinski definition) is 5. The van der Waals surface area contributed by atoms with Gasteiger partial charge in [0.25, 0.3) is 0 Å². The van der Waals surface area contributed by atoms with Crippen LogP contribution < -0.4 is 10.6 Å². The fourth-order valence-corrected chi connectivity index (χ4v) is 2.24. The summed E-state index contributed by atoms with van der Waals surface area (Å²) in [7, 11) is 1.82. The van der Waals surface area contributed by atoms with Gasteiger partial charge in [0, 0.05) is 17.6 Å². The van der Waals surface area contributed by atoms with Gasteiger partial charge in [0.05, 0.1) is 11.3 Å². The number of nitrogens with zero attached hydrogens (tertiary/aromatic N) is 3. The van der Waals surface area contributed by atoms with Gasteiger partial charge in [0.2, 0.25) is 0 Å². The summed E-state index contributed by atoms with van der Waals surface area (Å²) in [6.45, 7) is 2.09. The standard InChI is InChI=1S/C15H16ClN5/c1-3-4-12-14(18-2)19-9-20-15(12)21-13-7-11(16)6-5-10(13)8-17/h5-7,9H,3-4H2,1-2H3,(H2,18,19,20,21). The molecule has 0 amide bonds. The molecule has 0 spiro atoms. The Morgan fingerprint density at radius 3 is 2.71 bits per heavy atom. The average Bonchev–Trinajstić information content (AvgIpc) is 2.49. The quantitative estimate of drug-likeness (QED) is 0.880. The minimum Gasteiger partial charge on any atom is -0.373 e. The van der Waals surface area contributed by atoms with Gasteiger partial charge in [-0.05, 0) is 24.6 Å². The van der Waals surface area contributed by atoms with Crippen LogP contribution in [0.5, 0.6) is 0 Å². The van der Waals surface area contributed by atoms with Crippen LogP contribution in [0.2, 0.25) is 5.02 Å². The summed E-state index contributed by atoms with van der Waals surface area (Å²) >= 11 is 6.01. The first-order chi connectivity index (χ1) is 10.2. The van der Waals surface area contributed by atoms with Crippen molar-refractivity contribution in [1.82, 2.24) is 9.97 Å². The number of aromatic nitrogens is 2. The molecule has 1 heterocycles. The molecule has 1 aromatic carbocycles. The van der Waals surface area contributed by atoms with E-state index in [1.54, 1.807) is 18.2 Å². The third kappa shape index (κ3) is 3.41. The average molecular weight is 302 g/mol. The molecule has 0 unspecified atom stereocenters. The van der Waals surface area contributed by atoms with Crippen molar-refractivity contribution in [3.05, 3.63) is 40.7 Å². The van der Waals surface area contributed by atoms with Crippen molar-refractivity contribution >= 4 is 28.9 Å². The van der Waals surface area contributed by atoms with Gasteiger partial charge in [-0.15, -0.1) is 0 Å². The molecular weight excluding hydrogens is 286 g/mol. The number of nitriles is 1. The van der Waals surface area contributed by atoms with E-state index >= 15 is 0 Å². The highest BCUT2D eigenvalue weighted by Crippen LogP contribution is 2.28. The summed E-state index contributed by atoms with van der Waals surface area (Å²) in [5.41, 5.74) is 2.15. The molecule has 6 heteroatoms. The Morgan fingerprint density at radius 1 is 1.29 bits per heavy atom. The highest BCUT2D eigenvalue weighted by atomic mass is 35.5. The second-order valence-corrected chi connectivity index (χ2v) is 4.91. The minimum absolute atomic E-state index is 0.520. The zero-order chi connectivity index (χ0) is 15.2. The zero-order valence-corrected chi connectivity index (χ0v) is 12.7. The van der Waals surface area contributed by atoms with Crippen LogP contribution in [0.15, 0.2) is 24.5 Å². The molecule has 21 heavy (non-hydrogen) atoms. The van der Waals surface area contributed by atoms with E-state index in [0.717, 1.165) is 24.2 Å². The molecule has 0 aliphatic rings. The predicted molar refractivity (Wildman–Crippen MR) is 85.0 cm³/mol. The minimum atomic E-state index is 0.520. The molecule has 2 aromatic rings. The second kappa shape index (κ2) is 6.91. The molecule has 2 N–H and O–H groups in total. The lowest BCUT2D eigenvalue weighted by molar-refractivity contribution is 0.905. The molecule has 0 bridgehead atoms. The summed E-state index contributed by atoms with van der Waals surface area (Å²) in [6.07, 6.45) is 3.29. The smallest absolute Gasteiger partial charge is 0.139 e. The molecule has 5 nitrogen and oxygen atoms in total. The van der Waals surface area contributed by atoms with Crippen LogP contribution in [0.1, 0.15) is 24.5 Å². The monoisotopic (exact) mass is 301 g/mol. The molecule has 108 valence electrons. The summed E-state index contributed by atoms with van der Waals surface area (Å²) < 4.78 is 0. The van der Waals surface area contributed by atoms with Crippen molar-refractivity contribution in [2.75, 3.05) is 17.7 Å². The van der Waals surface area contributed by atoms with Gasteiger partial charge in [-0.1, -0.05) is 24.9 Å². The van der Waals surface area contributed by atoms with E-state index in [2.05, 4.69) is 33.6 Å². The molecule has 0 radical (unpaired) electrons. The number of halogens is 1. The van der Waals surface area contributed by atoms with Gasteiger partial charge in [-0.2, -0.15) is 5.26 Å². The maximum atomic E-state index is 9.18. The second-order valence-electron chi connectivity index (χ2n) is 4.48. The molecule has 0 fully saturated rings. The van der Waals surface area contributed by atoms with E-state index in [1.165, 1.54) is 6.33 Å². The Kier molecular flexibility index (Phi) is 4.96. The van der Waals surface area contributed by atoms with Crippen LogP contribution in [0.25, 0.3) is 0 Å². The van der Waals surface area contributed by atoms with E-state index in [-0.39, 0.29) is 0 Å². The Labute approximate surface area is 129 Å². The van der Waals surface area contributed by atoms with Gasteiger partial charge >= 0.3 is 0 Å². The van der Waals surface area contributed by atoms with Gasteiger partial charge in [0.1, 0.15) is 24.0 Å². The summed E-state index contributed by atoms with van der Waals surface area (Å²) in [4.78, 5) is 8.52. The van der Waals surface area contributed by atoms with E-state index < -0.39 is 0 Å². The Balaban J connectivity index is 2.44. The van der Waals surface area contributed by atoms with Crippen LogP contribution in [-0.2, 0) is 6.42 Å². The van der Waals surface area contributed by atoms with Gasteiger partial charge < -0.3 is 10.6 Å². The maximum Gasteiger partial charge on any atom is 0.139 e. The molecule has 2 rings (SSSR count). The summed E-state index contributed by atoms with van der Waals surface area (Å²) in [5, 5.41) is 16.0. The summed E-state index contributed by atoms with van der Waals surface area (Å²) in [5.74, 6) is 1.48. The first-order valence-corrected chi connectivity index (χ1v) is 7.05. The van der Waals surface area contributed by atoms with Crippen LogP contribution in [0.4, 0.5) is 17.3 Å². The molecular formula is C15H16ClN5. The van der Waals surface area contributed by atoms with Crippen molar-refractivity contribution in [3.8, 4) is 6.07 Å². The topological polar surface area (TPSA) is 73.6 Å². The molecule has 1 aromatic heterocycles. The van der Waals surface area contributed by atoms with Gasteiger partial charge in [-0.3, -0.25) is 0 Å². The zero-order valence-electron chi connectivity index (χ0n) is 11.9. The third-order valence-electron chi connectivity index (χ3n) is 3.04. The third-order valence-corrected chi connectivity index (χ3v) is 3.27. The van der Waals surface area contributed by atoms with Crippen LogP contribution >= 0.6 is 11.6 Å². The molecule has 0 saturated carbocycles. The lowest BCUT2D eigenvalue weighted by Gasteiger charge is -2.14. The molecule has 0 atom stereocenters. The number of hydrogen-bond donors (Lipinski definition) is 2. The molecule has 0 saturated heterocycles. The van der Waals surface area contributed by atoms with Crippen LogP contribution in [0, 0.1) is 11.3 Å². The SMILES string of the molecule is CCCc1c(NC)ncnc1Nc1cc(Cl)ccc1C#N.